The lowest BCUT2D eigenvalue weighted by Crippen LogP contribution is -2.16. The van der Waals surface area contributed by atoms with Crippen molar-refractivity contribution in [2.75, 3.05) is 12.4 Å². The maximum Gasteiger partial charge on any atom is 0.341 e. The summed E-state index contributed by atoms with van der Waals surface area (Å²) in [5.41, 5.74) is 1.43. The number of ether oxygens (including phenoxy) is 1. The smallest absolute Gasteiger partial charge is 0.341 e. The molecule has 0 saturated carbocycles. The van der Waals surface area contributed by atoms with E-state index in [0.29, 0.717) is 17.0 Å². The topological polar surface area (TPSA) is 55.4 Å². The predicted molar refractivity (Wildman–Crippen MR) is 86.4 cm³/mol. The van der Waals surface area contributed by atoms with Crippen LogP contribution in [0.1, 0.15) is 32.6 Å². The van der Waals surface area contributed by atoms with Crippen molar-refractivity contribution >= 4 is 39.6 Å². The number of hydrogen-bond acceptors (Lipinski definition) is 5. The molecule has 0 aliphatic heterocycles. The summed E-state index contributed by atoms with van der Waals surface area (Å²) in [5.74, 6) is -0.519. The summed E-state index contributed by atoms with van der Waals surface area (Å²) in [7, 11) is 1.35. The number of anilines is 1. The average molecular weight is 323 g/mol. The average Bonchev–Trinajstić information content (AvgIpc) is 3.05. The fraction of sp³-hybridized carbons (Fsp3) is 0.333. The van der Waals surface area contributed by atoms with Gasteiger partial charge in [-0.1, -0.05) is 13.0 Å². The first-order chi connectivity index (χ1) is 10.1. The molecule has 0 unspecified atom stereocenters. The third kappa shape index (κ3) is 3.51. The number of thiophene rings is 2. The van der Waals surface area contributed by atoms with Crippen molar-refractivity contribution < 1.29 is 14.3 Å². The lowest BCUT2D eigenvalue weighted by molar-refractivity contribution is -0.115. The number of carbonyl (C=O) groups excluding carboxylic acids is 2. The first kappa shape index (κ1) is 15.7. The summed E-state index contributed by atoms with van der Waals surface area (Å²) in [6.07, 6.45) is 1.05. The number of amides is 1. The summed E-state index contributed by atoms with van der Waals surface area (Å²) >= 11 is 2.96. The molecule has 0 aliphatic carbocycles. The number of hydrogen-bond donors (Lipinski definition) is 1. The second-order valence-electron chi connectivity index (χ2n) is 4.49. The molecule has 0 fully saturated rings. The molecule has 4 nitrogen and oxygen atoms in total. The van der Waals surface area contributed by atoms with Crippen molar-refractivity contribution in [3.63, 3.8) is 0 Å². The molecule has 6 heteroatoms. The van der Waals surface area contributed by atoms with Crippen molar-refractivity contribution in [2.45, 2.75) is 26.7 Å². The molecule has 0 atom stereocenters. The summed E-state index contributed by atoms with van der Waals surface area (Å²) in [6.45, 7) is 3.93. The SMILES string of the molecule is CCc1c(C)sc(NC(=O)Cc2cccs2)c1C(=O)OC. The third-order valence-corrected chi connectivity index (χ3v) is 5.06. The Kier molecular flexibility index (Phi) is 5.14. The Bertz CT molecular complexity index is 644. The van der Waals surface area contributed by atoms with Gasteiger partial charge in [-0.05, 0) is 30.4 Å². The third-order valence-electron chi connectivity index (χ3n) is 3.12. The van der Waals surface area contributed by atoms with E-state index in [2.05, 4.69) is 5.32 Å². The van der Waals surface area contributed by atoms with Crippen LogP contribution in [0.5, 0.6) is 0 Å². The summed E-state index contributed by atoms with van der Waals surface area (Å²) in [6, 6.07) is 3.83. The Morgan fingerprint density at radius 2 is 2.14 bits per heavy atom. The van der Waals surface area contributed by atoms with E-state index >= 15 is 0 Å². The molecule has 0 radical (unpaired) electrons. The Morgan fingerprint density at radius 3 is 2.71 bits per heavy atom. The van der Waals surface area contributed by atoms with Gasteiger partial charge in [-0.15, -0.1) is 22.7 Å². The Morgan fingerprint density at radius 1 is 1.38 bits per heavy atom. The van der Waals surface area contributed by atoms with Crippen LogP contribution >= 0.6 is 22.7 Å². The number of esters is 1. The monoisotopic (exact) mass is 323 g/mol. The number of methoxy groups -OCH3 is 1. The van der Waals surface area contributed by atoms with Crippen molar-refractivity contribution in [1.82, 2.24) is 0 Å². The molecule has 1 amide bonds. The Balaban J connectivity index is 2.23. The van der Waals surface area contributed by atoms with E-state index in [1.807, 2.05) is 31.4 Å². The van der Waals surface area contributed by atoms with Crippen LogP contribution in [-0.4, -0.2) is 19.0 Å². The van der Waals surface area contributed by atoms with Gasteiger partial charge >= 0.3 is 5.97 Å². The molecular formula is C15H17NO3S2. The number of rotatable bonds is 5. The van der Waals surface area contributed by atoms with Gasteiger partial charge < -0.3 is 10.1 Å². The number of aryl methyl sites for hydroxylation is 1. The van der Waals surface area contributed by atoms with Gasteiger partial charge in [0.15, 0.2) is 0 Å². The molecule has 112 valence electrons. The highest BCUT2D eigenvalue weighted by Gasteiger charge is 2.23. The van der Waals surface area contributed by atoms with Crippen LogP contribution in [0.4, 0.5) is 5.00 Å². The van der Waals surface area contributed by atoms with Gasteiger partial charge in [0.05, 0.1) is 19.1 Å². The van der Waals surface area contributed by atoms with Gasteiger partial charge in [0.25, 0.3) is 0 Å². The standard InChI is InChI=1S/C15H17NO3S2/c1-4-11-9(2)21-14(13(11)15(18)19-3)16-12(17)8-10-6-5-7-20-10/h5-7H,4,8H2,1-3H3,(H,16,17). The van der Waals surface area contributed by atoms with Gasteiger partial charge in [-0.2, -0.15) is 0 Å². The Labute approximate surface area is 131 Å². The van der Waals surface area contributed by atoms with Gasteiger partial charge in [-0.25, -0.2) is 4.79 Å². The molecule has 2 aromatic heterocycles. The summed E-state index contributed by atoms with van der Waals surface area (Å²) in [4.78, 5) is 26.1. The molecular weight excluding hydrogens is 306 g/mol. The maximum atomic E-state index is 12.1. The van der Waals surface area contributed by atoms with E-state index in [-0.39, 0.29) is 5.91 Å². The second-order valence-corrected chi connectivity index (χ2v) is 6.75. The molecule has 0 saturated heterocycles. The lowest BCUT2D eigenvalue weighted by Gasteiger charge is -2.06. The van der Waals surface area contributed by atoms with Crippen LogP contribution in [-0.2, 0) is 22.4 Å². The van der Waals surface area contributed by atoms with Crippen LogP contribution in [0.2, 0.25) is 0 Å². The van der Waals surface area contributed by atoms with E-state index < -0.39 is 5.97 Å². The molecule has 2 aromatic rings. The molecule has 0 bridgehead atoms. The van der Waals surface area contributed by atoms with E-state index in [1.54, 1.807) is 11.3 Å². The van der Waals surface area contributed by atoms with Crippen LogP contribution < -0.4 is 5.32 Å². The highest BCUT2D eigenvalue weighted by atomic mass is 32.1. The Hall–Kier alpha value is -1.66. The van der Waals surface area contributed by atoms with Crippen LogP contribution in [0.3, 0.4) is 0 Å². The van der Waals surface area contributed by atoms with Crippen LogP contribution in [0.15, 0.2) is 17.5 Å². The van der Waals surface area contributed by atoms with Gasteiger partial charge in [0.1, 0.15) is 5.00 Å². The van der Waals surface area contributed by atoms with Gasteiger partial charge in [0.2, 0.25) is 5.91 Å². The molecule has 0 spiro atoms. The van der Waals surface area contributed by atoms with Crippen molar-refractivity contribution in [3.8, 4) is 0 Å². The molecule has 2 rings (SSSR count). The zero-order chi connectivity index (χ0) is 15.4. The fourth-order valence-electron chi connectivity index (χ4n) is 2.15. The van der Waals surface area contributed by atoms with Crippen molar-refractivity contribution in [2.24, 2.45) is 0 Å². The van der Waals surface area contributed by atoms with Crippen LogP contribution in [0.25, 0.3) is 0 Å². The molecule has 0 aromatic carbocycles. The first-order valence-corrected chi connectivity index (χ1v) is 8.29. The maximum absolute atomic E-state index is 12.1. The number of carbonyl (C=O) groups is 2. The van der Waals surface area contributed by atoms with E-state index in [9.17, 15) is 9.59 Å². The van der Waals surface area contributed by atoms with Crippen LogP contribution in [0, 0.1) is 6.92 Å². The minimum atomic E-state index is -0.400. The summed E-state index contributed by atoms with van der Waals surface area (Å²) < 4.78 is 4.84. The second kappa shape index (κ2) is 6.87. The zero-order valence-corrected chi connectivity index (χ0v) is 13.8. The largest absolute Gasteiger partial charge is 0.465 e. The zero-order valence-electron chi connectivity index (χ0n) is 12.2. The molecule has 0 aliphatic rings. The minimum Gasteiger partial charge on any atom is -0.465 e. The molecule has 1 N–H and O–H groups in total. The highest BCUT2D eigenvalue weighted by Crippen LogP contribution is 2.34. The minimum absolute atomic E-state index is 0.119. The van der Waals surface area contributed by atoms with E-state index in [1.165, 1.54) is 18.4 Å². The normalized spacial score (nSPS) is 10.4. The number of nitrogens with one attached hydrogen (secondary N) is 1. The first-order valence-electron chi connectivity index (χ1n) is 6.59. The predicted octanol–water partition coefficient (Wildman–Crippen LogP) is 3.65. The van der Waals surface area contributed by atoms with Crippen molar-refractivity contribution in [1.29, 1.82) is 0 Å². The van der Waals surface area contributed by atoms with E-state index in [0.717, 1.165) is 21.7 Å². The summed E-state index contributed by atoms with van der Waals surface area (Å²) in [5, 5.41) is 5.36. The van der Waals surface area contributed by atoms with E-state index in [4.69, 9.17) is 4.74 Å². The van der Waals surface area contributed by atoms with Crippen molar-refractivity contribution in [3.05, 3.63) is 38.4 Å². The van der Waals surface area contributed by atoms with Gasteiger partial charge in [-0.3, -0.25) is 4.79 Å². The fourth-order valence-corrected chi connectivity index (χ4v) is 4.01. The molecule has 21 heavy (non-hydrogen) atoms. The highest BCUT2D eigenvalue weighted by molar-refractivity contribution is 7.16. The molecule has 2 heterocycles. The van der Waals surface area contributed by atoms with Gasteiger partial charge in [0, 0.05) is 9.75 Å². The lowest BCUT2D eigenvalue weighted by atomic mass is 10.1. The quantitative estimate of drug-likeness (QED) is 0.855.